The van der Waals surface area contributed by atoms with E-state index in [0.717, 1.165) is 25.9 Å². The smallest absolute Gasteiger partial charge is 0.276 e. The standard InChI is InChI=1S/C11H17N5O2/c1-15(6-8(17)16-4-2-3-5-16)10-9(12)11(18)14-7-13-10/h7H,2-6,12H2,1H3,(H,13,14,18). The minimum atomic E-state index is -0.388. The molecule has 2 heterocycles. The van der Waals surface area contributed by atoms with Gasteiger partial charge >= 0.3 is 0 Å². The number of aromatic nitrogens is 2. The molecule has 0 saturated carbocycles. The molecule has 7 nitrogen and oxygen atoms in total. The van der Waals surface area contributed by atoms with Crippen molar-refractivity contribution in [2.75, 3.05) is 37.3 Å². The summed E-state index contributed by atoms with van der Waals surface area (Å²) in [6.45, 7) is 1.80. The lowest BCUT2D eigenvalue weighted by Gasteiger charge is -2.22. The molecule has 1 saturated heterocycles. The number of nitrogen functional groups attached to an aromatic ring is 1. The van der Waals surface area contributed by atoms with Gasteiger partial charge < -0.3 is 20.5 Å². The van der Waals surface area contributed by atoms with Gasteiger partial charge in [-0.25, -0.2) is 4.98 Å². The van der Waals surface area contributed by atoms with Crippen LogP contribution in [0.1, 0.15) is 12.8 Å². The van der Waals surface area contributed by atoms with Crippen LogP contribution in [0.5, 0.6) is 0 Å². The number of nitrogens with zero attached hydrogens (tertiary/aromatic N) is 3. The van der Waals surface area contributed by atoms with Gasteiger partial charge in [0.1, 0.15) is 5.69 Å². The third-order valence-corrected chi connectivity index (χ3v) is 3.06. The van der Waals surface area contributed by atoms with Crippen LogP contribution >= 0.6 is 0 Å². The number of amides is 1. The highest BCUT2D eigenvalue weighted by Crippen LogP contribution is 2.14. The van der Waals surface area contributed by atoms with Crippen LogP contribution in [0.3, 0.4) is 0 Å². The summed E-state index contributed by atoms with van der Waals surface area (Å²) in [5, 5.41) is 0. The molecule has 1 aliphatic rings. The molecule has 1 amide bonds. The van der Waals surface area contributed by atoms with Crippen LogP contribution in [-0.2, 0) is 4.79 Å². The first-order valence-corrected chi connectivity index (χ1v) is 5.91. The van der Waals surface area contributed by atoms with E-state index >= 15 is 0 Å². The van der Waals surface area contributed by atoms with Gasteiger partial charge in [0.2, 0.25) is 5.91 Å². The molecular weight excluding hydrogens is 234 g/mol. The van der Waals surface area contributed by atoms with Gasteiger partial charge in [0, 0.05) is 20.1 Å². The summed E-state index contributed by atoms with van der Waals surface area (Å²) >= 11 is 0. The average Bonchev–Trinajstić information content (AvgIpc) is 2.86. The lowest BCUT2D eigenvalue weighted by molar-refractivity contribution is -0.128. The van der Waals surface area contributed by atoms with Gasteiger partial charge in [-0.3, -0.25) is 9.59 Å². The molecule has 18 heavy (non-hydrogen) atoms. The maximum atomic E-state index is 12.0. The topological polar surface area (TPSA) is 95.3 Å². The van der Waals surface area contributed by atoms with Crippen molar-refractivity contribution in [3.05, 3.63) is 16.7 Å². The summed E-state index contributed by atoms with van der Waals surface area (Å²) < 4.78 is 0. The Morgan fingerprint density at radius 1 is 1.56 bits per heavy atom. The Morgan fingerprint density at radius 2 is 2.22 bits per heavy atom. The molecule has 3 N–H and O–H groups in total. The van der Waals surface area contributed by atoms with E-state index in [0.29, 0.717) is 5.82 Å². The van der Waals surface area contributed by atoms with Crippen molar-refractivity contribution in [2.45, 2.75) is 12.8 Å². The fourth-order valence-electron chi connectivity index (χ4n) is 2.05. The number of carbonyl (C=O) groups excluding carboxylic acids is 1. The van der Waals surface area contributed by atoms with Gasteiger partial charge in [-0.05, 0) is 12.8 Å². The molecular formula is C11H17N5O2. The Morgan fingerprint density at radius 3 is 2.89 bits per heavy atom. The van der Waals surface area contributed by atoms with Crippen molar-refractivity contribution in [3.8, 4) is 0 Å². The van der Waals surface area contributed by atoms with Crippen molar-refractivity contribution in [3.63, 3.8) is 0 Å². The molecule has 0 unspecified atom stereocenters. The van der Waals surface area contributed by atoms with Gasteiger partial charge in [0.15, 0.2) is 5.82 Å². The van der Waals surface area contributed by atoms with Crippen LogP contribution in [0.15, 0.2) is 11.1 Å². The highest BCUT2D eigenvalue weighted by molar-refractivity contribution is 5.82. The zero-order valence-electron chi connectivity index (χ0n) is 10.3. The number of carbonyl (C=O) groups is 1. The number of likely N-dealkylation sites (tertiary alicyclic amines) is 1. The van der Waals surface area contributed by atoms with Crippen molar-refractivity contribution in [1.29, 1.82) is 0 Å². The Kier molecular flexibility index (Phi) is 3.50. The molecule has 2 rings (SSSR count). The number of nitrogens with one attached hydrogen (secondary N) is 1. The fourth-order valence-corrected chi connectivity index (χ4v) is 2.05. The number of anilines is 2. The van der Waals surface area contributed by atoms with E-state index in [2.05, 4.69) is 9.97 Å². The van der Waals surface area contributed by atoms with Crippen molar-refractivity contribution < 1.29 is 4.79 Å². The van der Waals surface area contributed by atoms with Gasteiger partial charge in [-0.2, -0.15) is 0 Å². The summed E-state index contributed by atoms with van der Waals surface area (Å²) in [4.78, 5) is 33.1. The Bertz CT molecular complexity index is 492. The minimum absolute atomic E-state index is 0.0363. The van der Waals surface area contributed by atoms with Crippen molar-refractivity contribution in [2.24, 2.45) is 0 Å². The first kappa shape index (κ1) is 12.4. The van der Waals surface area contributed by atoms with E-state index in [-0.39, 0.29) is 23.7 Å². The molecule has 0 atom stereocenters. The van der Waals surface area contributed by atoms with E-state index in [1.165, 1.54) is 6.33 Å². The first-order valence-electron chi connectivity index (χ1n) is 5.91. The molecule has 0 spiro atoms. The lowest BCUT2D eigenvalue weighted by Crippen LogP contribution is -2.38. The van der Waals surface area contributed by atoms with Crippen molar-refractivity contribution >= 4 is 17.4 Å². The maximum Gasteiger partial charge on any atom is 0.276 e. The summed E-state index contributed by atoms with van der Waals surface area (Å²) in [7, 11) is 1.70. The molecule has 7 heteroatoms. The van der Waals surface area contributed by atoms with E-state index in [1.807, 2.05) is 4.90 Å². The molecule has 98 valence electrons. The Hall–Kier alpha value is -2.05. The van der Waals surface area contributed by atoms with Gasteiger partial charge in [0.05, 0.1) is 12.9 Å². The molecule has 1 aromatic rings. The molecule has 0 aromatic carbocycles. The minimum Gasteiger partial charge on any atom is -0.391 e. The summed E-state index contributed by atoms with van der Waals surface area (Å²) in [6.07, 6.45) is 3.40. The number of aromatic amines is 1. The third-order valence-electron chi connectivity index (χ3n) is 3.06. The third kappa shape index (κ3) is 2.44. The Labute approximate surface area is 105 Å². The predicted molar refractivity (Wildman–Crippen MR) is 68.4 cm³/mol. The van der Waals surface area contributed by atoms with Crippen molar-refractivity contribution in [1.82, 2.24) is 14.9 Å². The first-order chi connectivity index (χ1) is 8.59. The predicted octanol–water partition coefficient (Wildman–Crippen LogP) is -0.589. The largest absolute Gasteiger partial charge is 0.391 e. The zero-order valence-corrected chi connectivity index (χ0v) is 10.3. The molecule has 1 fully saturated rings. The van der Waals surface area contributed by atoms with Gasteiger partial charge in [-0.15, -0.1) is 0 Å². The normalized spacial score (nSPS) is 14.8. The molecule has 0 bridgehead atoms. The average molecular weight is 251 g/mol. The molecule has 1 aromatic heterocycles. The second-order valence-corrected chi connectivity index (χ2v) is 4.41. The highest BCUT2D eigenvalue weighted by Gasteiger charge is 2.20. The van der Waals surface area contributed by atoms with Gasteiger partial charge in [-0.1, -0.05) is 0 Å². The number of nitrogens with two attached hydrogens (primary N) is 1. The number of hydrogen-bond acceptors (Lipinski definition) is 5. The SMILES string of the molecule is CN(CC(=O)N1CCCC1)c1nc[nH]c(=O)c1N. The number of H-pyrrole nitrogens is 1. The van der Waals surface area contributed by atoms with Crippen LogP contribution in [0.4, 0.5) is 11.5 Å². The van der Waals surface area contributed by atoms with Crippen LogP contribution in [0.25, 0.3) is 0 Å². The fraction of sp³-hybridized carbons (Fsp3) is 0.545. The van der Waals surface area contributed by atoms with E-state index in [4.69, 9.17) is 5.73 Å². The molecule has 0 aliphatic carbocycles. The van der Waals surface area contributed by atoms with E-state index in [1.54, 1.807) is 11.9 Å². The highest BCUT2D eigenvalue weighted by atomic mass is 16.2. The second-order valence-electron chi connectivity index (χ2n) is 4.41. The Balaban J connectivity index is 2.07. The summed E-state index contributed by atoms with van der Waals surface area (Å²) in [6, 6.07) is 0. The number of hydrogen-bond donors (Lipinski definition) is 2. The maximum absolute atomic E-state index is 12.0. The number of likely N-dealkylation sites (N-methyl/N-ethyl adjacent to an activating group) is 1. The van der Waals surface area contributed by atoms with Crippen LogP contribution in [-0.4, -0.2) is 47.5 Å². The van der Waals surface area contributed by atoms with Crippen LogP contribution < -0.4 is 16.2 Å². The quantitative estimate of drug-likeness (QED) is 0.748. The monoisotopic (exact) mass is 251 g/mol. The lowest BCUT2D eigenvalue weighted by atomic mass is 10.4. The van der Waals surface area contributed by atoms with Gasteiger partial charge in [0.25, 0.3) is 5.56 Å². The summed E-state index contributed by atoms with van der Waals surface area (Å²) in [5.74, 6) is 0.378. The molecule has 1 aliphatic heterocycles. The number of rotatable bonds is 3. The molecule has 0 radical (unpaired) electrons. The van der Waals surface area contributed by atoms with Crippen LogP contribution in [0, 0.1) is 0 Å². The van der Waals surface area contributed by atoms with Crippen LogP contribution in [0.2, 0.25) is 0 Å². The van der Waals surface area contributed by atoms with E-state index in [9.17, 15) is 9.59 Å². The van der Waals surface area contributed by atoms with E-state index < -0.39 is 0 Å². The summed E-state index contributed by atoms with van der Waals surface area (Å²) in [5.41, 5.74) is 5.29. The second kappa shape index (κ2) is 5.07. The zero-order chi connectivity index (χ0) is 13.1.